The molecule has 1 atom stereocenters. The molecule has 7 heteroatoms. The van der Waals surface area contributed by atoms with Crippen LogP contribution < -0.4 is 0 Å². The van der Waals surface area contributed by atoms with Crippen LogP contribution >= 0.6 is 0 Å². The molecule has 0 amide bonds. The first-order valence-electron chi connectivity index (χ1n) is 7.77. The molecule has 0 aromatic carbocycles. The number of carbonyl (C=O) groups is 1. The first-order valence-corrected chi connectivity index (χ1v) is 10.7. The summed E-state index contributed by atoms with van der Waals surface area (Å²) in [5.41, 5.74) is 0. The fourth-order valence-corrected chi connectivity index (χ4v) is 3.02. The zero-order chi connectivity index (χ0) is 20.9. The number of rotatable bonds is 8. The SMILES string of the molecule is C[C@H](CCC/C=C/C=C/C=O)O[Si](C)(C)C(C)(C)C.[C-]#[O+].[C-]#[O+].[C-]#[O+].[Fe]. The van der Waals surface area contributed by atoms with Crippen LogP contribution in [-0.4, -0.2) is 20.7 Å². The predicted octanol–water partition coefficient (Wildman–Crippen LogP) is 4.76. The molecule has 0 heterocycles. The molecule has 0 aliphatic heterocycles. The van der Waals surface area contributed by atoms with Crippen molar-refractivity contribution in [3.05, 3.63) is 44.3 Å². The molecule has 0 aliphatic carbocycles. The number of hydrogen-bond acceptors (Lipinski definition) is 2. The van der Waals surface area contributed by atoms with Gasteiger partial charge in [0.15, 0.2) is 8.32 Å². The molecule has 0 aromatic rings. The molecule has 0 aromatic heterocycles. The van der Waals surface area contributed by atoms with E-state index in [4.69, 9.17) is 18.4 Å². The average Bonchev–Trinajstić information content (AvgIpc) is 2.58. The molecular formula is C19H30FeO5Si. The zero-order valence-electron chi connectivity index (χ0n) is 16.5. The monoisotopic (exact) mass is 422 g/mol. The summed E-state index contributed by atoms with van der Waals surface area (Å²) in [4.78, 5) is 10.1. The van der Waals surface area contributed by atoms with Gasteiger partial charge in [0.2, 0.25) is 0 Å². The molecule has 0 rings (SSSR count). The van der Waals surface area contributed by atoms with Gasteiger partial charge in [-0.2, -0.15) is 0 Å². The van der Waals surface area contributed by atoms with Crippen LogP contribution in [0.25, 0.3) is 0 Å². The molecule has 0 fully saturated rings. The minimum Gasteiger partial charge on any atom is 0 e. The maximum absolute atomic E-state index is 10.1. The van der Waals surface area contributed by atoms with Gasteiger partial charge in [0, 0.05) is 23.2 Å². The van der Waals surface area contributed by atoms with Crippen LogP contribution in [0.5, 0.6) is 0 Å². The third-order valence-electron chi connectivity index (χ3n) is 3.72. The van der Waals surface area contributed by atoms with Crippen LogP contribution in [-0.2, 0) is 40.2 Å². The van der Waals surface area contributed by atoms with E-state index in [0.717, 1.165) is 25.5 Å². The Bertz CT molecular complexity index is 417. The maximum Gasteiger partial charge on any atom is 0 e. The second-order valence-corrected chi connectivity index (χ2v) is 11.3. The molecule has 0 unspecified atom stereocenters. The summed E-state index contributed by atoms with van der Waals surface area (Å²) in [6, 6.07) is 0. The summed E-state index contributed by atoms with van der Waals surface area (Å²) in [6.07, 6.45) is 11.7. The third-order valence-corrected chi connectivity index (χ3v) is 8.32. The Morgan fingerprint density at radius 2 is 1.46 bits per heavy atom. The largest absolute Gasteiger partial charge is 0 e. The quantitative estimate of drug-likeness (QED) is 0.107. The molecule has 0 aliphatic rings. The fraction of sp³-hybridized carbons (Fsp3) is 0.579. The second kappa shape index (κ2) is 24.1. The topological polar surface area (TPSA) is 86.0 Å². The molecule has 0 saturated heterocycles. The van der Waals surface area contributed by atoms with Gasteiger partial charge in [-0.1, -0.05) is 39.0 Å². The molecule has 0 saturated carbocycles. The van der Waals surface area contributed by atoms with Crippen LogP contribution in [0.15, 0.2) is 24.3 Å². The van der Waals surface area contributed by atoms with Crippen molar-refractivity contribution in [1.29, 1.82) is 0 Å². The Labute approximate surface area is 170 Å². The Kier molecular flexibility index (Phi) is 33.4. The molecule has 148 valence electrons. The van der Waals surface area contributed by atoms with Gasteiger partial charge in [0.25, 0.3) is 0 Å². The van der Waals surface area contributed by atoms with E-state index < -0.39 is 8.32 Å². The number of allylic oxidation sites excluding steroid dienone is 4. The van der Waals surface area contributed by atoms with E-state index in [1.165, 1.54) is 6.08 Å². The molecule has 0 bridgehead atoms. The van der Waals surface area contributed by atoms with Gasteiger partial charge in [-0.25, -0.2) is 0 Å². The fourth-order valence-electron chi connectivity index (χ4n) is 1.55. The van der Waals surface area contributed by atoms with Gasteiger partial charge in [-0.15, -0.1) is 0 Å². The Morgan fingerprint density at radius 1 is 1.00 bits per heavy atom. The molecule has 26 heavy (non-hydrogen) atoms. The van der Waals surface area contributed by atoms with Crippen LogP contribution in [0.3, 0.4) is 0 Å². The second-order valence-electron chi connectivity index (χ2n) is 6.57. The van der Waals surface area contributed by atoms with Gasteiger partial charge >= 0.3 is 33.9 Å². The minimum atomic E-state index is -1.62. The smallest absolute Gasteiger partial charge is 0 e. The van der Waals surface area contributed by atoms with Crippen LogP contribution in [0, 0.1) is 20.0 Å². The average molecular weight is 422 g/mol. The van der Waals surface area contributed by atoms with E-state index in [9.17, 15) is 4.79 Å². The van der Waals surface area contributed by atoms with Crippen molar-refractivity contribution in [2.45, 2.75) is 71.2 Å². The van der Waals surface area contributed by atoms with E-state index >= 15 is 0 Å². The van der Waals surface area contributed by atoms with Crippen molar-refractivity contribution in [2.75, 3.05) is 0 Å². The maximum atomic E-state index is 10.1. The predicted molar refractivity (Wildman–Crippen MR) is 97.7 cm³/mol. The van der Waals surface area contributed by atoms with Crippen molar-refractivity contribution < 1.29 is 40.2 Å². The number of carbonyl (C=O) groups excluding carboxylic acids is 1. The first-order chi connectivity index (χ1) is 11.7. The minimum absolute atomic E-state index is 0. The number of aldehydes is 1. The van der Waals surface area contributed by atoms with E-state index in [2.05, 4.69) is 66.8 Å². The summed E-state index contributed by atoms with van der Waals surface area (Å²) in [5, 5.41) is 0.279. The first kappa shape index (κ1) is 36.1. The van der Waals surface area contributed by atoms with Crippen molar-refractivity contribution in [2.24, 2.45) is 0 Å². The Balaban J connectivity index is -0.000000189. The van der Waals surface area contributed by atoms with Gasteiger partial charge in [-0.05, 0) is 50.4 Å². The standard InChI is InChI=1S/C16H30O2Si.3CO.Fe/c1-15(18-19(5,6)16(2,3)4)13-11-9-7-8-10-12-14-17;3*1-2;/h7-8,10,12,14-15H,9,11,13H2,1-6H3;;;;/b8-7+,12-10+;;;;/t15-;;;;/m1..../s1. The Hall–Kier alpha value is -0.934. The van der Waals surface area contributed by atoms with E-state index in [-0.39, 0.29) is 22.1 Å². The molecule has 5 nitrogen and oxygen atoms in total. The van der Waals surface area contributed by atoms with Crippen molar-refractivity contribution in [3.8, 4) is 0 Å². The summed E-state index contributed by atoms with van der Waals surface area (Å²) >= 11 is 0. The van der Waals surface area contributed by atoms with Gasteiger partial charge in [-0.3, -0.25) is 4.79 Å². The normalized spacial score (nSPS) is 11.4. The summed E-state index contributed by atoms with van der Waals surface area (Å²) in [5.74, 6) is 0. The summed E-state index contributed by atoms with van der Waals surface area (Å²) in [6.45, 7) is 27.1. The summed E-state index contributed by atoms with van der Waals surface area (Å²) < 4.78 is 28.8. The molecular weight excluding hydrogens is 392 g/mol. The van der Waals surface area contributed by atoms with E-state index in [0.29, 0.717) is 6.10 Å². The van der Waals surface area contributed by atoms with Crippen molar-refractivity contribution in [3.63, 3.8) is 0 Å². The van der Waals surface area contributed by atoms with E-state index in [1.54, 1.807) is 6.08 Å². The van der Waals surface area contributed by atoms with Gasteiger partial charge in [0.05, 0.1) is 0 Å². The molecule has 0 spiro atoms. The number of hydrogen-bond donors (Lipinski definition) is 0. The Morgan fingerprint density at radius 3 is 1.85 bits per heavy atom. The van der Waals surface area contributed by atoms with Crippen LogP contribution in [0.2, 0.25) is 18.1 Å². The molecule has 0 N–H and O–H groups in total. The van der Waals surface area contributed by atoms with Gasteiger partial charge < -0.3 is 4.43 Å². The molecule has 0 radical (unpaired) electrons. The van der Waals surface area contributed by atoms with Crippen molar-refractivity contribution in [1.82, 2.24) is 0 Å². The van der Waals surface area contributed by atoms with Gasteiger partial charge in [0.1, 0.15) is 6.29 Å². The zero-order valence-corrected chi connectivity index (χ0v) is 18.6. The van der Waals surface area contributed by atoms with Crippen LogP contribution in [0.4, 0.5) is 0 Å². The summed E-state index contributed by atoms with van der Waals surface area (Å²) in [7, 11) is -1.62. The van der Waals surface area contributed by atoms with Crippen molar-refractivity contribution >= 4 is 14.6 Å². The van der Waals surface area contributed by atoms with E-state index in [1.807, 2.05) is 6.08 Å². The number of unbranched alkanes of at least 4 members (excludes halogenated alkanes) is 1. The third kappa shape index (κ3) is 23.1. The van der Waals surface area contributed by atoms with Crippen LogP contribution in [0.1, 0.15) is 47.0 Å².